The molecule has 0 saturated carbocycles. The van der Waals surface area contributed by atoms with E-state index in [1.165, 1.54) is 0 Å². The summed E-state index contributed by atoms with van der Waals surface area (Å²) in [6.07, 6.45) is 4.85. The van der Waals surface area contributed by atoms with Gasteiger partial charge in [0, 0.05) is 25.4 Å². The van der Waals surface area contributed by atoms with Gasteiger partial charge >= 0.3 is 0 Å². The molecule has 4 nitrogen and oxygen atoms in total. The molecule has 0 atom stereocenters. The van der Waals surface area contributed by atoms with Gasteiger partial charge in [0.25, 0.3) is 5.91 Å². The molecule has 0 unspecified atom stereocenters. The van der Waals surface area contributed by atoms with E-state index >= 15 is 0 Å². The number of carbonyl (C=O) groups excluding carboxylic acids is 1. The van der Waals surface area contributed by atoms with Crippen molar-refractivity contribution in [3.8, 4) is 0 Å². The second-order valence-corrected chi connectivity index (χ2v) is 3.00. The minimum Gasteiger partial charge on any atom is -0.352 e. The van der Waals surface area contributed by atoms with Gasteiger partial charge in [0.1, 0.15) is 5.82 Å². The van der Waals surface area contributed by atoms with Crippen molar-refractivity contribution in [1.29, 1.82) is 0 Å². The van der Waals surface area contributed by atoms with Crippen LogP contribution in [-0.4, -0.2) is 22.4 Å². The predicted molar refractivity (Wildman–Crippen MR) is 65.4 cm³/mol. The summed E-state index contributed by atoms with van der Waals surface area (Å²) in [5, 5.41) is 2.77. The van der Waals surface area contributed by atoms with Crippen LogP contribution in [0.4, 0.5) is 0 Å². The molecule has 0 spiro atoms. The van der Waals surface area contributed by atoms with Crippen LogP contribution in [0.5, 0.6) is 0 Å². The predicted octanol–water partition coefficient (Wildman–Crippen LogP) is 2.21. The van der Waals surface area contributed by atoms with Gasteiger partial charge in [0.05, 0.1) is 5.56 Å². The smallest absolute Gasteiger partial charge is 0.254 e. The fourth-order valence-corrected chi connectivity index (χ4v) is 0.995. The topological polar surface area (TPSA) is 54.9 Å². The van der Waals surface area contributed by atoms with E-state index in [9.17, 15) is 4.79 Å². The zero-order chi connectivity index (χ0) is 12.4. The molecule has 0 saturated heterocycles. The monoisotopic (exact) mass is 223 g/mol. The first-order valence-corrected chi connectivity index (χ1v) is 5.87. The number of hydrogen-bond acceptors (Lipinski definition) is 3. The van der Waals surface area contributed by atoms with Gasteiger partial charge in [0.15, 0.2) is 0 Å². The molecule has 0 radical (unpaired) electrons. The molecule has 90 valence electrons. The lowest BCUT2D eigenvalue weighted by atomic mass is 10.3. The third-order valence-corrected chi connectivity index (χ3v) is 1.82. The van der Waals surface area contributed by atoms with Crippen LogP contribution < -0.4 is 5.32 Å². The number of aryl methyl sites for hydroxylation is 1. The Hall–Kier alpha value is -1.45. The Morgan fingerprint density at radius 1 is 1.25 bits per heavy atom. The molecule has 0 aliphatic rings. The second-order valence-electron chi connectivity index (χ2n) is 3.00. The average molecular weight is 223 g/mol. The molecule has 0 fully saturated rings. The van der Waals surface area contributed by atoms with Crippen molar-refractivity contribution < 1.29 is 4.79 Å². The number of hydrogen-bond donors (Lipinski definition) is 1. The van der Waals surface area contributed by atoms with Crippen molar-refractivity contribution >= 4 is 5.91 Å². The number of amides is 1. The van der Waals surface area contributed by atoms with Crippen molar-refractivity contribution in [3.63, 3.8) is 0 Å². The highest BCUT2D eigenvalue weighted by molar-refractivity contribution is 5.93. The third kappa shape index (κ3) is 4.87. The highest BCUT2D eigenvalue weighted by Gasteiger charge is 2.04. The highest BCUT2D eigenvalue weighted by Crippen LogP contribution is 1.96. The molecular formula is C12H21N3O. The van der Waals surface area contributed by atoms with Gasteiger partial charge in [0.2, 0.25) is 0 Å². The number of nitrogens with zero attached hydrogens (tertiary/aromatic N) is 2. The maximum absolute atomic E-state index is 11.4. The molecule has 1 rings (SSSR count). The molecule has 0 aromatic carbocycles. The van der Waals surface area contributed by atoms with Crippen LogP contribution in [0.2, 0.25) is 0 Å². The fourth-order valence-electron chi connectivity index (χ4n) is 0.995. The summed E-state index contributed by atoms with van der Waals surface area (Å²) in [6, 6.07) is 0. The Kier molecular flexibility index (Phi) is 8.03. The first kappa shape index (κ1) is 14.6. The standard InChI is InChI=1S/C10H15N3O.C2H6/c1-3-5-11-10(14)8-6-12-9(4-2)13-7-8;1-2/h6-7H,3-5H2,1-2H3,(H,11,14);1-2H3. The summed E-state index contributed by atoms with van der Waals surface area (Å²) in [7, 11) is 0. The molecule has 4 heteroatoms. The van der Waals surface area contributed by atoms with Crippen LogP contribution in [0.15, 0.2) is 12.4 Å². The van der Waals surface area contributed by atoms with Gasteiger partial charge < -0.3 is 5.32 Å². The summed E-state index contributed by atoms with van der Waals surface area (Å²) in [5.41, 5.74) is 0.524. The van der Waals surface area contributed by atoms with Crippen LogP contribution in [0, 0.1) is 0 Å². The zero-order valence-electron chi connectivity index (χ0n) is 10.6. The Balaban J connectivity index is 0.00000106. The summed E-state index contributed by atoms with van der Waals surface area (Å²) >= 11 is 0. The first-order chi connectivity index (χ1) is 7.77. The van der Waals surface area contributed by atoms with Crippen LogP contribution in [0.25, 0.3) is 0 Å². The van der Waals surface area contributed by atoms with E-state index in [4.69, 9.17) is 0 Å². The number of nitrogens with one attached hydrogen (secondary N) is 1. The summed E-state index contributed by atoms with van der Waals surface area (Å²) < 4.78 is 0. The second kappa shape index (κ2) is 8.83. The minimum absolute atomic E-state index is 0.102. The zero-order valence-corrected chi connectivity index (χ0v) is 10.6. The van der Waals surface area contributed by atoms with Gasteiger partial charge in [-0.1, -0.05) is 27.7 Å². The van der Waals surface area contributed by atoms with Crippen LogP contribution in [-0.2, 0) is 6.42 Å². The van der Waals surface area contributed by atoms with Gasteiger partial charge in [-0.3, -0.25) is 4.79 Å². The van der Waals surface area contributed by atoms with Gasteiger partial charge in [-0.15, -0.1) is 0 Å². The van der Waals surface area contributed by atoms with Gasteiger partial charge in [-0.25, -0.2) is 9.97 Å². The highest BCUT2D eigenvalue weighted by atomic mass is 16.1. The van der Waals surface area contributed by atoms with Crippen molar-refractivity contribution in [2.24, 2.45) is 0 Å². The maximum Gasteiger partial charge on any atom is 0.254 e. The Morgan fingerprint density at radius 3 is 2.25 bits per heavy atom. The normalized spacial score (nSPS) is 9.00. The van der Waals surface area contributed by atoms with Crippen LogP contribution in [0.1, 0.15) is 50.3 Å². The number of carbonyl (C=O) groups is 1. The van der Waals surface area contributed by atoms with E-state index < -0.39 is 0 Å². The lowest BCUT2D eigenvalue weighted by Gasteiger charge is -2.02. The Morgan fingerprint density at radius 2 is 1.81 bits per heavy atom. The summed E-state index contributed by atoms with van der Waals surface area (Å²) in [4.78, 5) is 19.5. The van der Waals surface area contributed by atoms with E-state index in [-0.39, 0.29) is 5.91 Å². The van der Waals surface area contributed by atoms with Crippen molar-refractivity contribution in [2.45, 2.75) is 40.5 Å². The van der Waals surface area contributed by atoms with Crippen molar-refractivity contribution in [3.05, 3.63) is 23.8 Å². The first-order valence-electron chi connectivity index (χ1n) is 5.87. The van der Waals surface area contributed by atoms with Crippen LogP contribution >= 0.6 is 0 Å². The lowest BCUT2D eigenvalue weighted by molar-refractivity contribution is 0.0953. The summed E-state index contributed by atoms with van der Waals surface area (Å²) in [6.45, 7) is 8.68. The van der Waals surface area contributed by atoms with Crippen LogP contribution in [0.3, 0.4) is 0 Å². The molecule has 0 aliphatic carbocycles. The molecule has 0 aliphatic heterocycles. The molecule has 1 aromatic heterocycles. The lowest BCUT2D eigenvalue weighted by Crippen LogP contribution is -2.24. The quantitative estimate of drug-likeness (QED) is 0.851. The SMILES string of the molecule is CC.CCCNC(=O)c1cnc(CC)nc1. The van der Waals surface area contributed by atoms with Crippen molar-refractivity contribution in [1.82, 2.24) is 15.3 Å². The molecule has 1 heterocycles. The van der Waals surface area contributed by atoms with E-state index in [2.05, 4.69) is 15.3 Å². The largest absolute Gasteiger partial charge is 0.352 e. The average Bonchev–Trinajstić information content (AvgIpc) is 2.38. The summed E-state index contributed by atoms with van der Waals surface area (Å²) in [5.74, 6) is 0.659. The van der Waals surface area contributed by atoms with E-state index in [0.29, 0.717) is 12.1 Å². The molecular weight excluding hydrogens is 202 g/mol. The number of rotatable bonds is 4. The van der Waals surface area contributed by atoms with Crippen molar-refractivity contribution in [2.75, 3.05) is 6.54 Å². The molecule has 1 aromatic rings. The molecule has 0 bridgehead atoms. The molecule has 16 heavy (non-hydrogen) atoms. The van der Waals surface area contributed by atoms with Gasteiger partial charge in [-0.2, -0.15) is 0 Å². The molecule has 1 amide bonds. The Labute approximate surface area is 97.5 Å². The Bertz CT molecular complexity index is 296. The maximum atomic E-state index is 11.4. The van der Waals surface area contributed by atoms with E-state index in [0.717, 1.165) is 18.7 Å². The molecule has 1 N–H and O–H groups in total. The minimum atomic E-state index is -0.102. The van der Waals surface area contributed by atoms with E-state index in [1.54, 1.807) is 12.4 Å². The fraction of sp³-hybridized carbons (Fsp3) is 0.583. The van der Waals surface area contributed by atoms with E-state index in [1.807, 2.05) is 27.7 Å². The van der Waals surface area contributed by atoms with Gasteiger partial charge in [-0.05, 0) is 6.42 Å². The number of aromatic nitrogens is 2. The third-order valence-electron chi connectivity index (χ3n) is 1.82.